The lowest BCUT2D eigenvalue weighted by Gasteiger charge is -2.33. The third-order valence-electron chi connectivity index (χ3n) is 5.03. The van der Waals surface area contributed by atoms with E-state index in [0.29, 0.717) is 17.2 Å². The van der Waals surface area contributed by atoms with Gasteiger partial charge in [-0.1, -0.05) is 42.5 Å². The highest BCUT2D eigenvalue weighted by Gasteiger charge is 2.23. The normalized spacial score (nSPS) is 14.6. The Morgan fingerprint density at radius 1 is 0.774 bits per heavy atom. The van der Waals surface area contributed by atoms with E-state index in [4.69, 9.17) is 9.47 Å². The number of rotatable bonds is 7. The third-order valence-corrected chi connectivity index (χ3v) is 5.03. The topological polar surface area (TPSA) is 33.7 Å². The van der Waals surface area contributed by atoms with E-state index >= 15 is 0 Å². The Balaban J connectivity index is 0.00000171. The molecule has 0 aliphatic carbocycles. The lowest BCUT2D eigenvalue weighted by molar-refractivity contribution is 0.147. The van der Waals surface area contributed by atoms with E-state index in [1.807, 2.05) is 78.9 Å². The molecule has 1 fully saturated rings. The van der Waals surface area contributed by atoms with Crippen molar-refractivity contribution in [2.75, 3.05) is 32.9 Å². The van der Waals surface area contributed by atoms with Crippen molar-refractivity contribution < 1.29 is 13.9 Å². The maximum absolute atomic E-state index is 14.0. The number of alkyl halides is 1. The van der Waals surface area contributed by atoms with Crippen LogP contribution in [0.5, 0.6) is 23.0 Å². The van der Waals surface area contributed by atoms with Crippen LogP contribution in [0.25, 0.3) is 0 Å². The highest BCUT2D eigenvalue weighted by molar-refractivity contribution is 5.85. The summed E-state index contributed by atoms with van der Waals surface area (Å²) in [6, 6.07) is 24.5. The summed E-state index contributed by atoms with van der Waals surface area (Å²) < 4.78 is 26.2. The first kappa shape index (κ1) is 25.0. The summed E-state index contributed by atoms with van der Waals surface area (Å²) in [6.07, 6.45) is 0. The van der Waals surface area contributed by atoms with Crippen molar-refractivity contribution >= 4 is 24.8 Å². The smallest absolute Gasteiger partial charge is 0.170 e. The zero-order chi connectivity index (χ0) is 19.9. The quantitative estimate of drug-likeness (QED) is 0.462. The molecular formula is C24H27Cl2FN2O2. The number of hydrogen-bond donors (Lipinski definition) is 1. The number of para-hydroxylation sites is 2. The molecule has 1 aliphatic heterocycles. The predicted octanol–water partition coefficient (Wildman–Crippen LogP) is 6.03. The van der Waals surface area contributed by atoms with E-state index in [9.17, 15) is 4.39 Å². The van der Waals surface area contributed by atoms with Crippen LogP contribution in [0.3, 0.4) is 0 Å². The average molecular weight is 465 g/mol. The zero-order valence-corrected chi connectivity index (χ0v) is 18.7. The number of piperazine rings is 1. The molecule has 0 unspecified atom stereocenters. The summed E-state index contributed by atoms with van der Waals surface area (Å²) in [7, 11) is 0. The van der Waals surface area contributed by atoms with Crippen molar-refractivity contribution in [2.24, 2.45) is 0 Å². The Kier molecular flexibility index (Phi) is 10.1. The highest BCUT2D eigenvalue weighted by Crippen LogP contribution is 2.38. The largest absolute Gasteiger partial charge is 0.453 e. The minimum Gasteiger partial charge on any atom is -0.453 e. The van der Waals surface area contributed by atoms with Gasteiger partial charge in [0.25, 0.3) is 0 Å². The first-order valence-electron chi connectivity index (χ1n) is 9.94. The van der Waals surface area contributed by atoms with E-state index in [-0.39, 0.29) is 30.9 Å². The maximum atomic E-state index is 14.0. The van der Waals surface area contributed by atoms with Crippen LogP contribution in [-0.4, -0.2) is 37.8 Å². The Morgan fingerprint density at radius 2 is 1.32 bits per heavy atom. The molecule has 1 atom stereocenters. The monoisotopic (exact) mass is 464 g/mol. The highest BCUT2D eigenvalue weighted by atomic mass is 35.5. The second-order valence-electron chi connectivity index (χ2n) is 6.99. The van der Waals surface area contributed by atoms with E-state index in [1.54, 1.807) is 0 Å². The molecule has 166 valence electrons. The Hall–Kier alpha value is -2.31. The van der Waals surface area contributed by atoms with E-state index in [0.717, 1.165) is 37.5 Å². The van der Waals surface area contributed by atoms with Crippen LogP contribution in [0.1, 0.15) is 11.6 Å². The molecule has 0 saturated carbocycles. The van der Waals surface area contributed by atoms with Crippen molar-refractivity contribution in [3.8, 4) is 23.0 Å². The minimum absolute atomic E-state index is 0. The van der Waals surface area contributed by atoms with E-state index < -0.39 is 6.67 Å². The van der Waals surface area contributed by atoms with Crippen LogP contribution in [0.2, 0.25) is 0 Å². The molecule has 0 aromatic heterocycles. The predicted molar refractivity (Wildman–Crippen MR) is 127 cm³/mol. The summed E-state index contributed by atoms with van der Waals surface area (Å²) in [6.45, 7) is 2.96. The number of halogens is 3. The molecule has 1 aliphatic rings. The average Bonchev–Trinajstić information content (AvgIpc) is 2.78. The summed E-state index contributed by atoms with van der Waals surface area (Å²) >= 11 is 0. The van der Waals surface area contributed by atoms with Gasteiger partial charge in [0.1, 0.15) is 18.2 Å². The van der Waals surface area contributed by atoms with Crippen LogP contribution in [-0.2, 0) is 0 Å². The molecule has 4 nitrogen and oxygen atoms in total. The molecule has 0 spiro atoms. The van der Waals surface area contributed by atoms with Gasteiger partial charge in [0, 0.05) is 26.2 Å². The SMILES string of the molecule is Cl.Cl.FC[C@H](c1ccc(Oc2ccccc2)c(Oc2ccccc2)c1)N1CCNCC1. The lowest BCUT2D eigenvalue weighted by Crippen LogP contribution is -2.45. The molecule has 1 N–H and O–H groups in total. The summed E-state index contributed by atoms with van der Waals surface area (Å²) in [4.78, 5) is 2.18. The van der Waals surface area contributed by atoms with Gasteiger partial charge in [-0.2, -0.15) is 0 Å². The molecule has 1 saturated heterocycles. The molecule has 0 bridgehead atoms. The molecule has 0 amide bonds. The van der Waals surface area contributed by atoms with Crippen molar-refractivity contribution in [1.29, 1.82) is 0 Å². The van der Waals surface area contributed by atoms with Gasteiger partial charge in [-0.15, -0.1) is 24.8 Å². The number of nitrogens with zero attached hydrogens (tertiary/aromatic N) is 1. The Bertz CT molecular complexity index is 910. The van der Waals surface area contributed by atoms with Gasteiger partial charge in [-0.3, -0.25) is 4.90 Å². The fourth-order valence-corrected chi connectivity index (χ4v) is 3.52. The van der Waals surface area contributed by atoms with Gasteiger partial charge in [0.15, 0.2) is 11.5 Å². The van der Waals surface area contributed by atoms with E-state index in [1.165, 1.54) is 0 Å². The summed E-state index contributed by atoms with van der Waals surface area (Å²) in [5, 5.41) is 3.32. The minimum atomic E-state index is -0.441. The van der Waals surface area contributed by atoms with Crippen LogP contribution in [0.4, 0.5) is 4.39 Å². The first-order valence-corrected chi connectivity index (χ1v) is 9.94. The number of hydrogen-bond acceptors (Lipinski definition) is 4. The molecule has 3 aromatic rings. The van der Waals surface area contributed by atoms with Gasteiger partial charge in [-0.05, 0) is 42.0 Å². The summed E-state index contributed by atoms with van der Waals surface area (Å²) in [5.41, 5.74) is 0.890. The van der Waals surface area contributed by atoms with Crippen molar-refractivity contribution in [3.05, 3.63) is 84.4 Å². The van der Waals surface area contributed by atoms with Crippen molar-refractivity contribution in [2.45, 2.75) is 6.04 Å². The Labute approximate surface area is 195 Å². The van der Waals surface area contributed by atoms with E-state index in [2.05, 4.69) is 10.2 Å². The summed E-state index contributed by atoms with van der Waals surface area (Å²) in [5.74, 6) is 2.61. The lowest BCUT2D eigenvalue weighted by atomic mass is 10.0. The number of nitrogens with one attached hydrogen (secondary N) is 1. The van der Waals surface area contributed by atoms with Gasteiger partial charge >= 0.3 is 0 Å². The van der Waals surface area contributed by atoms with Gasteiger partial charge in [0.05, 0.1) is 6.04 Å². The van der Waals surface area contributed by atoms with Gasteiger partial charge < -0.3 is 14.8 Å². The number of ether oxygens (including phenoxy) is 2. The number of benzene rings is 3. The standard InChI is InChI=1S/C24H25FN2O2.2ClH/c25-18-22(27-15-13-26-14-16-27)19-11-12-23(28-20-7-3-1-4-8-20)24(17-19)29-21-9-5-2-6-10-21;;/h1-12,17,22,26H,13-16,18H2;2*1H/t22-;;/m1../s1. The molecule has 4 rings (SSSR count). The maximum Gasteiger partial charge on any atom is 0.170 e. The zero-order valence-electron chi connectivity index (χ0n) is 17.1. The van der Waals surface area contributed by atoms with Crippen LogP contribution >= 0.6 is 24.8 Å². The van der Waals surface area contributed by atoms with Gasteiger partial charge in [0.2, 0.25) is 0 Å². The fourth-order valence-electron chi connectivity index (χ4n) is 3.52. The second-order valence-corrected chi connectivity index (χ2v) is 6.99. The molecular weight excluding hydrogens is 438 g/mol. The third kappa shape index (κ3) is 6.58. The van der Waals surface area contributed by atoms with Crippen LogP contribution in [0.15, 0.2) is 78.9 Å². The molecule has 3 aromatic carbocycles. The first-order chi connectivity index (χ1) is 14.3. The van der Waals surface area contributed by atoms with Crippen LogP contribution in [0, 0.1) is 0 Å². The Morgan fingerprint density at radius 3 is 1.87 bits per heavy atom. The second kappa shape index (κ2) is 12.5. The molecule has 1 heterocycles. The fraction of sp³-hybridized carbons (Fsp3) is 0.250. The molecule has 7 heteroatoms. The van der Waals surface area contributed by atoms with Crippen molar-refractivity contribution in [1.82, 2.24) is 10.2 Å². The van der Waals surface area contributed by atoms with Crippen LogP contribution < -0.4 is 14.8 Å². The molecule has 0 radical (unpaired) electrons. The van der Waals surface area contributed by atoms with Crippen molar-refractivity contribution in [3.63, 3.8) is 0 Å². The molecule has 31 heavy (non-hydrogen) atoms. The van der Waals surface area contributed by atoms with Gasteiger partial charge in [-0.25, -0.2) is 4.39 Å².